The van der Waals surface area contributed by atoms with E-state index in [1.54, 1.807) is 48.3 Å². The molecule has 0 fully saturated rings. The number of rotatable bonds is 3. The molecule has 0 radical (unpaired) electrons. The molecule has 0 unspecified atom stereocenters. The Kier molecular flexibility index (Phi) is 4.43. The van der Waals surface area contributed by atoms with Gasteiger partial charge in [-0.25, -0.2) is 13.5 Å². The summed E-state index contributed by atoms with van der Waals surface area (Å²) < 4.78 is 28.6. The smallest absolute Gasteiger partial charge is 0.205 e. The SMILES string of the molecule is CN=c1scc(-c2ccccc2F)n1/N=C\c1ccc(F)cc1. The Morgan fingerprint density at radius 1 is 1.04 bits per heavy atom. The molecule has 0 saturated heterocycles. The van der Waals surface area contributed by atoms with Gasteiger partial charge in [0.25, 0.3) is 0 Å². The second-order valence-electron chi connectivity index (χ2n) is 4.71. The summed E-state index contributed by atoms with van der Waals surface area (Å²) in [4.78, 5) is 4.80. The molecule has 1 heterocycles. The van der Waals surface area contributed by atoms with Gasteiger partial charge < -0.3 is 0 Å². The number of thiazole rings is 1. The Balaban J connectivity index is 2.07. The minimum absolute atomic E-state index is 0.304. The third-order valence-electron chi connectivity index (χ3n) is 3.22. The van der Waals surface area contributed by atoms with E-state index in [1.807, 2.05) is 5.38 Å². The lowest BCUT2D eigenvalue weighted by molar-refractivity contribution is 0.627. The van der Waals surface area contributed by atoms with Crippen LogP contribution in [0.3, 0.4) is 0 Å². The van der Waals surface area contributed by atoms with Crippen LogP contribution in [-0.2, 0) is 0 Å². The molecular weight excluding hydrogens is 316 g/mol. The van der Waals surface area contributed by atoms with E-state index in [9.17, 15) is 8.78 Å². The zero-order chi connectivity index (χ0) is 16.2. The van der Waals surface area contributed by atoms with Crippen molar-refractivity contribution in [3.63, 3.8) is 0 Å². The molecule has 3 nitrogen and oxygen atoms in total. The van der Waals surface area contributed by atoms with Gasteiger partial charge in [-0.3, -0.25) is 4.99 Å². The van der Waals surface area contributed by atoms with Gasteiger partial charge >= 0.3 is 0 Å². The highest BCUT2D eigenvalue weighted by Gasteiger charge is 2.10. The molecule has 23 heavy (non-hydrogen) atoms. The molecule has 0 spiro atoms. The predicted molar refractivity (Wildman–Crippen MR) is 88.6 cm³/mol. The summed E-state index contributed by atoms with van der Waals surface area (Å²) in [5.41, 5.74) is 1.81. The summed E-state index contributed by atoms with van der Waals surface area (Å²) in [6.07, 6.45) is 1.59. The Morgan fingerprint density at radius 3 is 2.48 bits per heavy atom. The van der Waals surface area contributed by atoms with Gasteiger partial charge in [0.05, 0.1) is 11.9 Å². The van der Waals surface area contributed by atoms with Crippen molar-refractivity contribution in [2.24, 2.45) is 10.1 Å². The standard InChI is InChI=1S/C17H13F2N3S/c1-20-17-22(21-10-12-6-8-13(18)9-7-12)16(11-23-17)14-4-2-3-5-15(14)19/h2-11H,1H3/b20-17?,21-10-. The first-order valence-electron chi connectivity index (χ1n) is 6.87. The highest BCUT2D eigenvalue weighted by molar-refractivity contribution is 7.07. The van der Waals surface area contributed by atoms with Crippen LogP contribution < -0.4 is 4.80 Å². The molecule has 0 saturated carbocycles. The van der Waals surface area contributed by atoms with Crippen LogP contribution in [0.2, 0.25) is 0 Å². The number of aromatic nitrogens is 1. The van der Waals surface area contributed by atoms with E-state index >= 15 is 0 Å². The summed E-state index contributed by atoms with van der Waals surface area (Å²) in [7, 11) is 1.65. The molecule has 0 N–H and O–H groups in total. The molecule has 3 rings (SSSR count). The van der Waals surface area contributed by atoms with Gasteiger partial charge in [0.15, 0.2) is 0 Å². The second kappa shape index (κ2) is 6.66. The van der Waals surface area contributed by atoms with E-state index in [0.717, 1.165) is 5.56 Å². The molecule has 3 aromatic rings. The molecule has 6 heteroatoms. The molecule has 0 atom stereocenters. The predicted octanol–water partition coefficient (Wildman–Crippen LogP) is 3.91. The van der Waals surface area contributed by atoms with E-state index < -0.39 is 0 Å². The zero-order valence-corrected chi connectivity index (χ0v) is 13.1. The van der Waals surface area contributed by atoms with Crippen LogP contribution >= 0.6 is 11.3 Å². The first-order chi connectivity index (χ1) is 11.2. The quantitative estimate of drug-likeness (QED) is 0.652. The van der Waals surface area contributed by atoms with Gasteiger partial charge in [0.1, 0.15) is 11.6 Å². The highest BCUT2D eigenvalue weighted by Crippen LogP contribution is 2.23. The van der Waals surface area contributed by atoms with Crippen LogP contribution in [0.25, 0.3) is 11.3 Å². The van der Waals surface area contributed by atoms with Crippen molar-refractivity contribution in [1.29, 1.82) is 0 Å². The van der Waals surface area contributed by atoms with Gasteiger partial charge in [-0.2, -0.15) is 5.10 Å². The van der Waals surface area contributed by atoms with Gasteiger partial charge in [0, 0.05) is 18.0 Å². The Morgan fingerprint density at radius 2 is 1.78 bits per heavy atom. The van der Waals surface area contributed by atoms with Crippen LogP contribution in [0.5, 0.6) is 0 Å². The average Bonchev–Trinajstić information content (AvgIpc) is 2.97. The van der Waals surface area contributed by atoms with Crippen LogP contribution in [-0.4, -0.2) is 17.9 Å². The average molecular weight is 329 g/mol. The topological polar surface area (TPSA) is 29.6 Å². The van der Waals surface area contributed by atoms with Crippen LogP contribution in [0.1, 0.15) is 5.56 Å². The van der Waals surface area contributed by atoms with E-state index in [-0.39, 0.29) is 11.6 Å². The molecular formula is C17H13F2N3S. The third kappa shape index (κ3) is 3.27. The van der Waals surface area contributed by atoms with Crippen LogP contribution in [0.15, 0.2) is 64.0 Å². The van der Waals surface area contributed by atoms with E-state index in [1.165, 1.54) is 29.5 Å². The summed E-state index contributed by atoms with van der Waals surface area (Å²) >= 11 is 1.37. The minimum atomic E-state index is -0.321. The number of benzene rings is 2. The fourth-order valence-corrected chi connectivity index (χ4v) is 2.88. The molecule has 0 aliphatic heterocycles. The Bertz CT molecular complexity index is 908. The maximum atomic E-state index is 14.0. The summed E-state index contributed by atoms with van der Waals surface area (Å²) in [5, 5.41) is 6.18. The van der Waals surface area contributed by atoms with Crippen molar-refractivity contribution in [3.05, 3.63) is 75.9 Å². The van der Waals surface area contributed by atoms with Gasteiger partial charge in [0.2, 0.25) is 4.80 Å². The van der Waals surface area contributed by atoms with Gasteiger partial charge in [-0.15, -0.1) is 11.3 Å². The van der Waals surface area contributed by atoms with Crippen molar-refractivity contribution < 1.29 is 8.78 Å². The van der Waals surface area contributed by atoms with Crippen molar-refractivity contribution >= 4 is 17.6 Å². The number of hydrogen-bond acceptors (Lipinski definition) is 3. The van der Waals surface area contributed by atoms with Crippen molar-refractivity contribution in [2.75, 3.05) is 7.05 Å². The normalized spacial score (nSPS) is 12.2. The molecule has 0 aliphatic rings. The number of nitrogens with zero attached hydrogens (tertiary/aromatic N) is 3. The third-order valence-corrected chi connectivity index (χ3v) is 4.13. The van der Waals surface area contributed by atoms with E-state index in [0.29, 0.717) is 16.1 Å². The summed E-state index contributed by atoms with van der Waals surface area (Å²) in [6, 6.07) is 12.5. The fourth-order valence-electron chi connectivity index (χ4n) is 2.09. The monoisotopic (exact) mass is 329 g/mol. The molecule has 2 aromatic carbocycles. The zero-order valence-electron chi connectivity index (χ0n) is 12.3. The lowest BCUT2D eigenvalue weighted by Gasteiger charge is -2.04. The molecule has 116 valence electrons. The van der Waals surface area contributed by atoms with Gasteiger partial charge in [-0.1, -0.05) is 24.3 Å². The number of hydrogen-bond donors (Lipinski definition) is 0. The minimum Gasteiger partial charge on any atom is -0.261 e. The molecule has 1 aromatic heterocycles. The molecule has 0 aliphatic carbocycles. The molecule has 0 amide bonds. The fraction of sp³-hybridized carbons (Fsp3) is 0.0588. The lowest BCUT2D eigenvalue weighted by atomic mass is 10.1. The maximum absolute atomic E-state index is 14.0. The Labute approximate surface area is 135 Å². The molecule has 0 bridgehead atoms. The first-order valence-corrected chi connectivity index (χ1v) is 7.75. The summed E-state index contributed by atoms with van der Waals surface area (Å²) in [5.74, 6) is -0.625. The second-order valence-corrected chi connectivity index (χ2v) is 5.55. The van der Waals surface area contributed by atoms with Gasteiger partial charge in [-0.05, 0) is 29.8 Å². The van der Waals surface area contributed by atoms with E-state index in [4.69, 9.17) is 0 Å². The summed E-state index contributed by atoms with van der Waals surface area (Å²) in [6.45, 7) is 0. The van der Waals surface area contributed by atoms with Crippen molar-refractivity contribution in [2.45, 2.75) is 0 Å². The Hall–Kier alpha value is -2.60. The number of halogens is 2. The largest absolute Gasteiger partial charge is 0.261 e. The highest BCUT2D eigenvalue weighted by atomic mass is 32.1. The van der Waals surface area contributed by atoms with Crippen LogP contribution in [0.4, 0.5) is 8.78 Å². The van der Waals surface area contributed by atoms with E-state index in [2.05, 4.69) is 10.1 Å². The maximum Gasteiger partial charge on any atom is 0.205 e. The van der Waals surface area contributed by atoms with Crippen molar-refractivity contribution in [3.8, 4) is 11.3 Å². The van der Waals surface area contributed by atoms with Crippen LogP contribution in [0, 0.1) is 11.6 Å². The van der Waals surface area contributed by atoms with Crippen molar-refractivity contribution in [1.82, 2.24) is 4.68 Å². The first kappa shape index (κ1) is 15.3. The lowest BCUT2D eigenvalue weighted by Crippen LogP contribution is -2.11.